The molecule has 0 spiro atoms. The lowest BCUT2D eigenvalue weighted by molar-refractivity contribution is -0.141. The second-order valence-corrected chi connectivity index (χ2v) is 9.16. The van der Waals surface area contributed by atoms with E-state index in [1.165, 1.54) is 10.4 Å². The fourth-order valence-electron chi connectivity index (χ4n) is 4.46. The molecule has 0 bridgehead atoms. The van der Waals surface area contributed by atoms with Crippen molar-refractivity contribution in [3.63, 3.8) is 0 Å². The van der Waals surface area contributed by atoms with Gasteiger partial charge in [0.2, 0.25) is 5.91 Å². The van der Waals surface area contributed by atoms with E-state index in [1.54, 1.807) is 30.1 Å². The molecule has 6 rings (SSSR count). The number of aromatic amines is 1. The highest BCUT2D eigenvalue weighted by atomic mass is 32.1. The van der Waals surface area contributed by atoms with Gasteiger partial charge in [0.05, 0.1) is 35.5 Å². The van der Waals surface area contributed by atoms with E-state index in [9.17, 15) is 4.79 Å². The average molecular weight is 430 g/mol. The minimum Gasteiger partial charge on any atom is -0.340 e. The second kappa shape index (κ2) is 6.99. The van der Waals surface area contributed by atoms with Crippen LogP contribution in [0.2, 0.25) is 0 Å². The number of amides is 1. The molecule has 0 radical (unpaired) electrons. The van der Waals surface area contributed by atoms with Gasteiger partial charge in [-0.15, -0.1) is 11.3 Å². The quantitative estimate of drug-likeness (QED) is 0.512. The van der Waals surface area contributed by atoms with Crippen LogP contribution in [-0.4, -0.2) is 49.0 Å². The molecule has 1 amide bonds. The van der Waals surface area contributed by atoms with Crippen molar-refractivity contribution < 1.29 is 4.79 Å². The van der Waals surface area contributed by atoms with E-state index in [-0.39, 0.29) is 17.7 Å². The van der Waals surface area contributed by atoms with Gasteiger partial charge in [-0.3, -0.25) is 9.89 Å². The van der Waals surface area contributed by atoms with Crippen molar-refractivity contribution in [1.29, 1.82) is 5.26 Å². The highest BCUT2D eigenvalue weighted by molar-refractivity contribution is 7.19. The van der Waals surface area contributed by atoms with Crippen LogP contribution in [-0.2, 0) is 17.6 Å². The van der Waals surface area contributed by atoms with Crippen molar-refractivity contribution in [2.75, 3.05) is 18.4 Å². The largest absolute Gasteiger partial charge is 0.340 e. The van der Waals surface area contributed by atoms with Crippen molar-refractivity contribution >= 4 is 50.0 Å². The third-order valence-corrected chi connectivity index (χ3v) is 7.29. The summed E-state index contributed by atoms with van der Waals surface area (Å²) in [7, 11) is 0. The summed E-state index contributed by atoms with van der Waals surface area (Å²) in [5.74, 6) is 0.916. The molecule has 9 nitrogen and oxygen atoms in total. The summed E-state index contributed by atoms with van der Waals surface area (Å²) >= 11 is 1.65. The molecule has 10 heteroatoms. The zero-order chi connectivity index (χ0) is 20.9. The molecule has 2 aliphatic rings. The maximum atomic E-state index is 12.8. The zero-order valence-corrected chi connectivity index (χ0v) is 17.3. The van der Waals surface area contributed by atoms with Gasteiger partial charge in [-0.05, 0) is 30.9 Å². The fraction of sp³-hybridized carbons (Fsp3) is 0.333. The number of pyridine rings is 1. The highest BCUT2D eigenvalue weighted by Gasteiger charge is 2.37. The van der Waals surface area contributed by atoms with Crippen molar-refractivity contribution in [2.24, 2.45) is 11.8 Å². The molecule has 1 fully saturated rings. The molecule has 1 aliphatic carbocycles. The number of aromatic nitrogens is 5. The zero-order valence-electron chi connectivity index (χ0n) is 16.5. The van der Waals surface area contributed by atoms with Gasteiger partial charge in [0.25, 0.3) is 0 Å². The Labute approximate surface area is 181 Å². The number of carbonyl (C=O) groups excluding carboxylic acids is 1. The van der Waals surface area contributed by atoms with E-state index >= 15 is 0 Å². The Balaban J connectivity index is 1.28. The maximum absolute atomic E-state index is 12.8. The minimum absolute atomic E-state index is 0.00732. The maximum Gasteiger partial charge on any atom is 0.226 e. The lowest BCUT2D eigenvalue weighted by Gasteiger charge is -2.38. The van der Waals surface area contributed by atoms with Crippen LogP contribution in [0.15, 0.2) is 24.8 Å². The molecule has 154 valence electrons. The first-order chi connectivity index (χ1) is 15.2. The summed E-state index contributed by atoms with van der Waals surface area (Å²) in [6.07, 6.45) is 7.42. The third-order valence-electron chi connectivity index (χ3n) is 6.12. The van der Waals surface area contributed by atoms with E-state index in [1.807, 2.05) is 11.0 Å². The second-order valence-electron chi connectivity index (χ2n) is 8.07. The number of thiophene rings is 1. The number of carbonyl (C=O) groups is 1. The van der Waals surface area contributed by atoms with E-state index in [2.05, 4.69) is 36.5 Å². The number of nitriles is 1. The number of likely N-dealkylation sites (tertiary alicyclic amines) is 1. The van der Waals surface area contributed by atoms with Crippen molar-refractivity contribution in [1.82, 2.24) is 30.0 Å². The molecule has 2 N–H and O–H groups in total. The third kappa shape index (κ3) is 3.00. The van der Waals surface area contributed by atoms with Crippen LogP contribution in [0, 0.1) is 23.2 Å². The first-order valence-corrected chi connectivity index (χ1v) is 11.0. The molecule has 5 heterocycles. The summed E-state index contributed by atoms with van der Waals surface area (Å²) in [5.41, 5.74) is 2.82. The van der Waals surface area contributed by atoms with Crippen LogP contribution in [0.25, 0.3) is 21.3 Å². The monoisotopic (exact) mass is 430 g/mol. The molecule has 0 unspecified atom stereocenters. The Morgan fingerprint density at radius 3 is 3.06 bits per heavy atom. The predicted octanol–water partition coefficient (Wildman–Crippen LogP) is 2.79. The smallest absolute Gasteiger partial charge is 0.226 e. The molecule has 31 heavy (non-hydrogen) atoms. The summed E-state index contributed by atoms with van der Waals surface area (Å²) < 4.78 is 0. The Kier molecular flexibility index (Phi) is 4.11. The van der Waals surface area contributed by atoms with Crippen molar-refractivity contribution in [3.8, 4) is 6.07 Å². The minimum atomic E-state index is -0.0164. The normalized spacial score (nSPS) is 18.5. The van der Waals surface area contributed by atoms with Crippen LogP contribution in [0.4, 0.5) is 11.5 Å². The predicted molar refractivity (Wildman–Crippen MR) is 116 cm³/mol. The Morgan fingerprint density at radius 2 is 2.19 bits per heavy atom. The van der Waals surface area contributed by atoms with E-state index in [0.29, 0.717) is 13.1 Å². The topological polar surface area (TPSA) is 123 Å². The average Bonchev–Trinajstić information content (AvgIpc) is 3.36. The summed E-state index contributed by atoms with van der Waals surface area (Å²) in [6.45, 7) is 1.14. The number of fused-ring (bicyclic) bond motifs is 4. The van der Waals surface area contributed by atoms with Gasteiger partial charge in [-0.25, -0.2) is 15.0 Å². The molecule has 4 aromatic heterocycles. The number of hydrogen-bond donors (Lipinski definition) is 2. The van der Waals surface area contributed by atoms with Crippen LogP contribution < -0.4 is 5.32 Å². The SMILES string of the molecule is N#CC1CN(C(=O)[C@H]2CCc3c(sc4ncnc(Nc5cnc6[nH]ncc6c5)c34)C2)C1. The molecule has 1 saturated heterocycles. The first-order valence-electron chi connectivity index (χ1n) is 10.2. The lowest BCUT2D eigenvalue weighted by atomic mass is 9.85. The fourth-order valence-corrected chi connectivity index (χ4v) is 5.72. The van der Waals surface area contributed by atoms with Crippen LogP contribution in [0.5, 0.6) is 0 Å². The molecule has 1 atom stereocenters. The number of nitrogens with zero attached hydrogens (tertiary/aromatic N) is 6. The molecule has 1 aliphatic heterocycles. The molecular weight excluding hydrogens is 412 g/mol. The van der Waals surface area contributed by atoms with Gasteiger partial charge in [0.15, 0.2) is 5.65 Å². The van der Waals surface area contributed by atoms with Gasteiger partial charge in [0.1, 0.15) is 17.0 Å². The number of aryl methyl sites for hydroxylation is 1. The Bertz CT molecular complexity index is 1360. The van der Waals surface area contributed by atoms with Gasteiger partial charge < -0.3 is 10.2 Å². The summed E-state index contributed by atoms with van der Waals surface area (Å²) in [5, 5.41) is 21.2. The van der Waals surface area contributed by atoms with E-state index in [4.69, 9.17) is 5.26 Å². The first kappa shape index (κ1) is 18.2. The number of H-pyrrole nitrogens is 1. The van der Waals surface area contributed by atoms with Crippen LogP contribution in [0.1, 0.15) is 16.9 Å². The molecule has 4 aromatic rings. The summed E-state index contributed by atoms with van der Waals surface area (Å²) in [4.78, 5) is 30.2. The van der Waals surface area contributed by atoms with E-state index in [0.717, 1.165) is 52.0 Å². The highest BCUT2D eigenvalue weighted by Crippen LogP contribution is 2.41. The number of anilines is 2. The van der Waals surface area contributed by atoms with Gasteiger partial charge in [-0.2, -0.15) is 10.4 Å². The molecular formula is C21H18N8OS. The van der Waals surface area contributed by atoms with Crippen LogP contribution in [0.3, 0.4) is 0 Å². The Morgan fingerprint density at radius 1 is 1.29 bits per heavy atom. The number of nitrogens with one attached hydrogen (secondary N) is 2. The summed E-state index contributed by atoms with van der Waals surface area (Å²) in [6, 6.07) is 4.21. The van der Waals surface area contributed by atoms with E-state index < -0.39 is 0 Å². The lowest BCUT2D eigenvalue weighted by Crippen LogP contribution is -2.52. The van der Waals surface area contributed by atoms with Crippen LogP contribution >= 0.6 is 11.3 Å². The standard InChI is InChI=1S/C21H18N8OS/c22-5-11-8-29(9-11)21(30)12-1-2-15-16(4-12)31-20-17(15)19(24-10-25-20)27-14-3-13-6-26-28-18(13)23-7-14/h3,6-7,10-12H,1-2,4,8-9H2,(H,23,26,28)(H,24,25,27)/t12-/m0/s1. The number of rotatable bonds is 3. The van der Waals surface area contributed by atoms with Crippen molar-refractivity contribution in [3.05, 3.63) is 35.2 Å². The van der Waals surface area contributed by atoms with Gasteiger partial charge in [-0.1, -0.05) is 0 Å². The Hall–Kier alpha value is -3.58. The van der Waals surface area contributed by atoms with Gasteiger partial charge >= 0.3 is 0 Å². The van der Waals surface area contributed by atoms with Gasteiger partial charge in [0, 0.05) is 29.3 Å². The molecule has 0 saturated carbocycles. The number of hydrogen-bond acceptors (Lipinski definition) is 8. The molecule has 0 aromatic carbocycles. The van der Waals surface area contributed by atoms with Crippen molar-refractivity contribution in [2.45, 2.75) is 19.3 Å².